The number of hydrogen-bond acceptors (Lipinski definition) is 3. The van der Waals surface area contributed by atoms with Crippen LogP contribution in [-0.4, -0.2) is 34.6 Å². The van der Waals surface area contributed by atoms with E-state index in [1.54, 1.807) is 12.5 Å². The second kappa shape index (κ2) is 6.88. The fourth-order valence-electron chi connectivity index (χ4n) is 3.11. The van der Waals surface area contributed by atoms with Crippen LogP contribution in [0.3, 0.4) is 0 Å². The van der Waals surface area contributed by atoms with Crippen molar-refractivity contribution in [3.05, 3.63) is 18.7 Å². The Morgan fingerprint density at radius 1 is 1.50 bits per heavy atom. The third kappa shape index (κ3) is 3.60. The minimum atomic E-state index is -0.163. The van der Waals surface area contributed by atoms with E-state index < -0.39 is 0 Å². The molecule has 1 aliphatic heterocycles. The molecule has 0 aliphatic carbocycles. The Balaban J connectivity index is 1.93. The number of rotatable bonds is 6. The van der Waals surface area contributed by atoms with Crippen molar-refractivity contribution in [2.24, 2.45) is 5.41 Å². The Hall–Kier alpha value is -1.36. The summed E-state index contributed by atoms with van der Waals surface area (Å²) in [5.74, 6) is 0.230. The molecule has 2 N–H and O–H groups in total. The van der Waals surface area contributed by atoms with Gasteiger partial charge in [-0.2, -0.15) is 0 Å². The lowest BCUT2D eigenvalue weighted by Gasteiger charge is -2.37. The van der Waals surface area contributed by atoms with Crippen LogP contribution in [0.5, 0.6) is 0 Å². The average molecular weight is 278 g/mol. The Morgan fingerprint density at radius 3 is 2.85 bits per heavy atom. The summed E-state index contributed by atoms with van der Waals surface area (Å²) in [4.78, 5) is 16.7. The highest BCUT2D eigenvalue weighted by Gasteiger charge is 2.38. The first-order valence-corrected chi connectivity index (χ1v) is 7.64. The summed E-state index contributed by atoms with van der Waals surface area (Å²) in [7, 11) is 0. The maximum atomic E-state index is 12.7. The van der Waals surface area contributed by atoms with Crippen molar-refractivity contribution >= 4 is 5.91 Å². The molecular formula is C15H26N4O. The average Bonchev–Trinajstić information content (AvgIpc) is 2.92. The van der Waals surface area contributed by atoms with Crippen LogP contribution >= 0.6 is 0 Å². The van der Waals surface area contributed by atoms with Crippen LogP contribution in [-0.2, 0) is 11.3 Å². The zero-order chi connectivity index (χ0) is 14.4. The molecule has 1 aliphatic rings. The van der Waals surface area contributed by atoms with E-state index >= 15 is 0 Å². The van der Waals surface area contributed by atoms with Gasteiger partial charge < -0.3 is 15.2 Å². The predicted molar refractivity (Wildman–Crippen MR) is 79.3 cm³/mol. The van der Waals surface area contributed by atoms with Gasteiger partial charge in [0.15, 0.2) is 0 Å². The van der Waals surface area contributed by atoms with E-state index in [0.717, 1.165) is 45.3 Å². The van der Waals surface area contributed by atoms with Gasteiger partial charge in [0.25, 0.3) is 0 Å². The molecule has 1 unspecified atom stereocenters. The number of carbonyl (C=O) groups is 1. The van der Waals surface area contributed by atoms with Gasteiger partial charge in [0.2, 0.25) is 5.91 Å². The van der Waals surface area contributed by atoms with E-state index in [2.05, 4.69) is 29.5 Å². The molecule has 1 aromatic rings. The van der Waals surface area contributed by atoms with Crippen molar-refractivity contribution < 1.29 is 4.79 Å². The van der Waals surface area contributed by atoms with E-state index in [0.29, 0.717) is 0 Å². The van der Waals surface area contributed by atoms with Crippen LogP contribution < -0.4 is 10.6 Å². The number of carbonyl (C=O) groups excluding carboxylic acids is 1. The van der Waals surface area contributed by atoms with Crippen molar-refractivity contribution in [2.45, 2.75) is 52.1 Å². The quantitative estimate of drug-likeness (QED) is 0.830. The minimum Gasteiger partial charge on any atom is -0.351 e. The van der Waals surface area contributed by atoms with Crippen LogP contribution in [0.25, 0.3) is 0 Å². The Morgan fingerprint density at radius 2 is 2.25 bits per heavy atom. The SMILES string of the molecule is CCCC1(C(=O)NC(C)Cn2ccnc2)CCNCC1. The molecule has 0 bridgehead atoms. The van der Waals surface area contributed by atoms with E-state index in [1.165, 1.54) is 0 Å². The summed E-state index contributed by atoms with van der Waals surface area (Å²) < 4.78 is 2.00. The van der Waals surface area contributed by atoms with Crippen molar-refractivity contribution in [2.75, 3.05) is 13.1 Å². The smallest absolute Gasteiger partial charge is 0.226 e. The summed E-state index contributed by atoms with van der Waals surface area (Å²) in [6.45, 7) is 6.88. The maximum absolute atomic E-state index is 12.7. The second-order valence-corrected chi connectivity index (χ2v) is 5.91. The molecule has 5 nitrogen and oxygen atoms in total. The first-order chi connectivity index (χ1) is 9.66. The summed E-state index contributed by atoms with van der Waals surface area (Å²) in [5.41, 5.74) is -0.163. The Kier molecular flexibility index (Phi) is 5.17. The third-order valence-corrected chi connectivity index (χ3v) is 4.19. The largest absolute Gasteiger partial charge is 0.351 e. The molecule has 0 saturated carbocycles. The monoisotopic (exact) mass is 278 g/mol. The molecule has 112 valence electrons. The molecule has 0 radical (unpaired) electrons. The highest BCUT2D eigenvalue weighted by Crippen LogP contribution is 2.34. The van der Waals surface area contributed by atoms with E-state index in [4.69, 9.17) is 0 Å². The molecule has 2 heterocycles. The van der Waals surface area contributed by atoms with Gasteiger partial charge in [0.05, 0.1) is 11.7 Å². The highest BCUT2D eigenvalue weighted by atomic mass is 16.2. The lowest BCUT2D eigenvalue weighted by Crippen LogP contribution is -2.50. The van der Waals surface area contributed by atoms with Crippen LogP contribution in [0, 0.1) is 5.41 Å². The molecule has 1 aromatic heterocycles. The van der Waals surface area contributed by atoms with Gasteiger partial charge in [-0.3, -0.25) is 4.79 Å². The van der Waals surface area contributed by atoms with Crippen molar-refractivity contribution in [3.8, 4) is 0 Å². The molecule has 1 atom stereocenters. The molecule has 5 heteroatoms. The molecule has 2 rings (SSSR count). The van der Waals surface area contributed by atoms with E-state index in [-0.39, 0.29) is 17.4 Å². The zero-order valence-electron chi connectivity index (χ0n) is 12.6. The first kappa shape index (κ1) is 15.0. The fourth-order valence-corrected chi connectivity index (χ4v) is 3.11. The number of aromatic nitrogens is 2. The van der Waals surface area contributed by atoms with E-state index in [9.17, 15) is 4.79 Å². The standard InChI is InChI=1S/C15H26N4O/c1-3-4-15(5-7-16-8-6-15)14(20)18-13(2)11-19-10-9-17-12-19/h9-10,12-13,16H,3-8,11H2,1-2H3,(H,18,20). The van der Waals surface area contributed by atoms with Crippen molar-refractivity contribution in [3.63, 3.8) is 0 Å². The molecule has 20 heavy (non-hydrogen) atoms. The summed E-state index contributed by atoms with van der Waals surface area (Å²) in [6.07, 6.45) is 9.42. The van der Waals surface area contributed by atoms with Crippen molar-refractivity contribution in [1.29, 1.82) is 0 Å². The van der Waals surface area contributed by atoms with Gasteiger partial charge in [-0.05, 0) is 39.3 Å². The van der Waals surface area contributed by atoms with Gasteiger partial charge in [0.1, 0.15) is 0 Å². The number of imidazole rings is 1. The lowest BCUT2D eigenvalue weighted by atomic mass is 9.74. The topological polar surface area (TPSA) is 59.0 Å². The van der Waals surface area contributed by atoms with Gasteiger partial charge in [-0.15, -0.1) is 0 Å². The Labute approximate surface area is 121 Å². The fraction of sp³-hybridized carbons (Fsp3) is 0.733. The molecular weight excluding hydrogens is 252 g/mol. The van der Waals surface area contributed by atoms with Gasteiger partial charge >= 0.3 is 0 Å². The maximum Gasteiger partial charge on any atom is 0.226 e. The number of piperidine rings is 1. The van der Waals surface area contributed by atoms with Crippen LogP contribution in [0.4, 0.5) is 0 Å². The third-order valence-electron chi connectivity index (χ3n) is 4.19. The number of hydrogen-bond donors (Lipinski definition) is 2. The van der Waals surface area contributed by atoms with Gasteiger partial charge in [0, 0.05) is 25.0 Å². The normalized spacial score (nSPS) is 19.5. The first-order valence-electron chi connectivity index (χ1n) is 7.64. The minimum absolute atomic E-state index is 0.125. The highest BCUT2D eigenvalue weighted by molar-refractivity contribution is 5.83. The van der Waals surface area contributed by atoms with Gasteiger partial charge in [-0.25, -0.2) is 4.98 Å². The predicted octanol–water partition coefficient (Wildman–Crippen LogP) is 1.56. The molecule has 0 aromatic carbocycles. The molecule has 1 amide bonds. The summed E-state index contributed by atoms with van der Waals surface area (Å²) in [6, 6.07) is 0.125. The second-order valence-electron chi connectivity index (χ2n) is 5.91. The number of nitrogens with one attached hydrogen (secondary N) is 2. The van der Waals surface area contributed by atoms with Crippen molar-refractivity contribution in [1.82, 2.24) is 20.2 Å². The lowest BCUT2D eigenvalue weighted by molar-refractivity contribution is -0.133. The Bertz CT molecular complexity index is 404. The van der Waals surface area contributed by atoms with Crippen LogP contribution in [0.2, 0.25) is 0 Å². The van der Waals surface area contributed by atoms with Crippen LogP contribution in [0.1, 0.15) is 39.5 Å². The van der Waals surface area contributed by atoms with Crippen LogP contribution in [0.15, 0.2) is 18.7 Å². The molecule has 1 fully saturated rings. The number of amides is 1. The summed E-state index contributed by atoms with van der Waals surface area (Å²) >= 11 is 0. The van der Waals surface area contributed by atoms with E-state index in [1.807, 2.05) is 10.8 Å². The molecule has 1 saturated heterocycles. The number of nitrogens with zero attached hydrogens (tertiary/aromatic N) is 2. The molecule has 0 spiro atoms. The van der Waals surface area contributed by atoms with Gasteiger partial charge in [-0.1, -0.05) is 13.3 Å². The zero-order valence-corrected chi connectivity index (χ0v) is 12.6. The summed E-state index contributed by atoms with van der Waals surface area (Å²) in [5, 5.41) is 6.55.